The molecule has 0 unspecified atom stereocenters. The van der Waals surface area contributed by atoms with Crippen LogP contribution in [0.3, 0.4) is 0 Å². The van der Waals surface area contributed by atoms with E-state index in [9.17, 15) is 12.8 Å². The van der Waals surface area contributed by atoms with E-state index in [4.69, 9.17) is 5.26 Å². The predicted octanol–water partition coefficient (Wildman–Crippen LogP) is 1.78. The first kappa shape index (κ1) is 14.0. The number of imidazole rings is 1. The van der Waals surface area contributed by atoms with Crippen molar-refractivity contribution in [3.63, 3.8) is 0 Å². The number of aryl methyl sites for hydroxylation is 1. The standard InChI is InChI=1S/C12H11FN4O2S/c1-2-11-15-7-12(16-11)20(18,19)17-10-4-3-8(6-14)5-9(10)13/h3-5,7,17H,2H2,1H3,(H,15,16). The molecule has 0 radical (unpaired) electrons. The Balaban J connectivity index is 2.31. The van der Waals surface area contributed by atoms with Crippen molar-refractivity contribution in [1.29, 1.82) is 5.26 Å². The van der Waals surface area contributed by atoms with Gasteiger partial charge in [0.15, 0.2) is 5.03 Å². The molecule has 0 aliphatic rings. The van der Waals surface area contributed by atoms with Crippen LogP contribution in [0.1, 0.15) is 18.3 Å². The monoisotopic (exact) mass is 294 g/mol. The summed E-state index contributed by atoms with van der Waals surface area (Å²) in [6.07, 6.45) is 1.73. The highest BCUT2D eigenvalue weighted by molar-refractivity contribution is 7.92. The Morgan fingerprint density at radius 2 is 2.25 bits per heavy atom. The summed E-state index contributed by atoms with van der Waals surface area (Å²) in [5, 5.41) is 8.48. The van der Waals surface area contributed by atoms with Gasteiger partial charge in [0.25, 0.3) is 10.0 Å². The second-order valence-corrected chi connectivity index (χ2v) is 5.61. The third kappa shape index (κ3) is 2.78. The molecule has 0 spiro atoms. The maximum Gasteiger partial charge on any atom is 0.279 e. The highest BCUT2D eigenvalue weighted by Gasteiger charge is 2.19. The van der Waals surface area contributed by atoms with E-state index in [-0.39, 0.29) is 16.3 Å². The van der Waals surface area contributed by atoms with Gasteiger partial charge in [-0.2, -0.15) is 13.7 Å². The second kappa shape index (κ2) is 5.30. The van der Waals surface area contributed by atoms with E-state index < -0.39 is 15.8 Å². The smallest absolute Gasteiger partial charge is 0.279 e. The van der Waals surface area contributed by atoms with Crippen LogP contribution >= 0.6 is 0 Å². The average molecular weight is 294 g/mol. The van der Waals surface area contributed by atoms with Crippen molar-refractivity contribution >= 4 is 15.7 Å². The SMILES string of the molecule is CCc1ncc(S(=O)(=O)Nc2ccc(C#N)cc2F)[nH]1. The van der Waals surface area contributed by atoms with Gasteiger partial charge in [-0.3, -0.25) is 4.72 Å². The fourth-order valence-corrected chi connectivity index (χ4v) is 2.54. The molecule has 1 aromatic heterocycles. The van der Waals surface area contributed by atoms with Gasteiger partial charge in [0.1, 0.15) is 11.6 Å². The molecule has 6 nitrogen and oxygen atoms in total. The minimum absolute atomic E-state index is 0.111. The lowest BCUT2D eigenvalue weighted by Gasteiger charge is -2.07. The number of aromatic nitrogens is 2. The molecule has 0 aliphatic carbocycles. The van der Waals surface area contributed by atoms with E-state index in [1.807, 2.05) is 6.92 Å². The van der Waals surface area contributed by atoms with E-state index in [2.05, 4.69) is 14.7 Å². The zero-order chi connectivity index (χ0) is 14.8. The molecule has 2 aromatic rings. The van der Waals surface area contributed by atoms with Crippen LogP contribution in [0.25, 0.3) is 0 Å². The summed E-state index contributed by atoms with van der Waals surface area (Å²) in [4.78, 5) is 6.51. The number of anilines is 1. The molecular formula is C12H11FN4O2S. The normalized spacial score (nSPS) is 11.1. The summed E-state index contributed by atoms with van der Waals surface area (Å²) in [6, 6.07) is 5.25. The number of sulfonamides is 1. The molecule has 8 heteroatoms. The maximum absolute atomic E-state index is 13.7. The van der Waals surface area contributed by atoms with Gasteiger partial charge in [0.05, 0.1) is 23.5 Å². The lowest BCUT2D eigenvalue weighted by atomic mass is 10.2. The van der Waals surface area contributed by atoms with Crippen LogP contribution < -0.4 is 4.72 Å². The van der Waals surface area contributed by atoms with E-state index in [1.54, 1.807) is 6.07 Å². The lowest BCUT2D eigenvalue weighted by molar-refractivity contribution is 0.595. The first-order chi connectivity index (χ1) is 9.46. The van der Waals surface area contributed by atoms with Gasteiger partial charge < -0.3 is 4.98 Å². The van der Waals surface area contributed by atoms with Crippen LogP contribution in [0.5, 0.6) is 0 Å². The number of benzene rings is 1. The Labute approximate surface area is 115 Å². The fourth-order valence-electron chi connectivity index (χ4n) is 1.53. The molecule has 2 rings (SSSR count). The Hall–Kier alpha value is -2.40. The quantitative estimate of drug-likeness (QED) is 0.898. The second-order valence-electron chi connectivity index (χ2n) is 3.96. The summed E-state index contributed by atoms with van der Waals surface area (Å²) < 4.78 is 39.8. The van der Waals surface area contributed by atoms with Crippen LogP contribution in [-0.2, 0) is 16.4 Å². The van der Waals surface area contributed by atoms with Crippen LogP contribution in [0.2, 0.25) is 0 Å². The molecule has 0 amide bonds. The van der Waals surface area contributed by atoms with Crippen molar-refractivity contribution in [3.05, 3.63) is 41.6 Å². The molecule has 20 heavy (non-hydrogen) atoms. The van der Waals surface area contributed by atoms with Crippen LogP contribution in [0.15, 0.2) is 29.4 Å². The number of H-pyrrole nitrogens is 1. The Morgan fingerprint density at radius 1 is 1.50 bits per heavy atom. The summed E-state index contributed by atoms with van der Waals surface area (Å²) in [6.45, 7) is 1.82. The number of halogens is 1. The first-order valence-electron chi connectivity index (χ1n) is 5.72. The molecule has 104 valence electrons. The van der Waals surface area contributed by atoms with Gasteiger partial charge >= 0.3 is 0 Å². The van der Waals surface area contributed by atoms with Crippen molar-refractivity contribution in [3.8, 4) is 6.07 Å². The zero-order valence-corrected chi connectivity index (χ0v) is 11.3. The van der Waals surface area contributed by atoms with Crippen molar-refractivity contribution in [2.45, 2.75) is 18.4 Å². The number of rotatable bonds is 4. The van der Waals surface area contributed by atoms with E-state index in [1.165, 1.54) is 18.3 Å². The number of aromatic amines is 1. The molecule has 2 N–H and O–H groups in total. The number of nitriles is 1. The van der Waals surface area contributed by atoms with E-state index in [0.717, 1.165) is 6.07 Å². The van der Waals surface area contributed by atoms with Gasteiger partial charge in [-0.05, 0) is 18.2 Å². The summed E-state index contributed by atoms with van der Waals surface area (Å²) in [7, 11) is -3.94. The Morgan fingerprint density at radius 3 is 2.80 bits per heavy atom. The third-order valence-electron chi connectivity index (χ3n) is 2.57. The van der Waals surface area contributed by atoms with E-state index in [0.29, 0.717) is 12.2 Å². The van der Waals surface area contributed by atoms with Crippen molar-refractivity contribution < 1.29 is 12.8 Å². The molecule has 0 bridgehead atoms. The van der Waals surface area contributed by atoms with Crippen LogP contribution in [-0.4, -0.2) is 18.4 Å². The minimum Gasteiger partial charge on any atom is -0.332 e. The number of nitrogens with one attached hydrogen (secondary N) is 2. The van der Waals surface area contributed by atoms with Crippen LogP contribution in [0.4, 0.5) is 10.1 Å². The highest BCUT2D eigenvalue weighted by Crippen LogP contribution is 2.19. The molecule has 1 heterocycles. The average Bonchev–Trinajstić information content (AvgIpc) is 2.90. The first-order valence-corrected chi connectivity index (χ1v) is 7.21. The fraction of sp³-hybridized carbons (Fsp3) is 0.167. The highest BCUT2D eigenvalue weighted by atomic mass is 32.2. The molecular weight excluding hydrogens is 283 g/mol. The minimum atomic E-state index is -3.94. The lowest BCUT2D eigenvalue weighted by Crippen LogP contribution is -2.14. The molecule has 0 saturated heterocycles. The van der Waals surface area contributed by atoms with Gasteiger partial charge in [-0.1, -0.05) is 6.92 Å². The number of hydrogen-bond acceptors (Lipinski definition) is 4. The zero-order valence-electron chi connectivity index (χ0n) is 10.5. The molecule has 0 aliphatic heterocycles. The van der Waals surface area contributed by atoms with E-state index >= 15 is 0 Å². The predicted molar refractivity (Wildman–Crippen MR) is 69.9 cm³/mol. The third-order valence-corrected chi connectivity index (χ3v) is 3.85. The molecule has 1 aromatic carbocycles. The molecule has 0 saturated carbocycles. The number of nitrogens with zero attached hydrogens (tertiary/aromatic N) is 2. The largest absolute Gasteiger partial charge is 0.332 e. The van der Waals surface area contributed by atoms with Gasteiger partial charge in [-0.15, -0.1) is 0 Å². The van der Waals surface area contributed by atoms with Gasteiger partial charge in [0, 0.05) is 6.42 Å². The molecule has 0 fully saturated rings. The van der Waals surface area contributed by atoms with Crippen molar-refractivity contribution in [2.75, 3.05) is 4.72 Å². The summed E-state index contributed by atoms with van der Waals surface area (Å²) in [5.41, 5.74) is -0.114. The topological polar surface area (TPSA) is 98.6 Å². The van der Waals surface area contributed by atoms with Crippen LogP contribution in [0, 0.1) is 17.1 Å². The number of hydrogen-bond donors (Lipinski definition) is 2. The Bertz CT molecular complexity index is 777. The van der Waals surface area contributed by atoms with Crippen molar-refractivity contribution in [2.24, 2.45) is 0 Å². The van der Waals surface area contributed by atoms with Gasteiger partial charge in [0.2, 0.25) is 0 Å². The summed E-state index contributed by atoms with van der Waals surface area (Å²) >= 11 is 0. The molecule has 0 atom stereocenters. The summed E-state index contributed by atoms with van der Waals surface area (Å²) in [5.74, 6) is -0.298. The van der Waals surface area contributed by atoms with Gasteiger partial charge in [-0.25, -0.2) is 9.37 Å². The Kier molecular flexibility index (Phi) is 3.72. The van der Waals surface area contributed by atoms with Crippen molar-refractivity contribution in [1.82, 2.24) is 9.97 Å². The maximum atomic E-state index is 13.7.